The highest BCUT2D eigenvalue weighted by Crippen LogP contribution is 2.03. The average Bonchev–Trinajstić information content (AvgIpc) is 2.36. The predicted molar refractivity (Wildman–Crippen MR) is 71.3 cm³/mol. The van der Waals surface area contributed by atoms with Crippen molar-refractivity contribution in [3.63, 3.8) is 0 Å². The van der Waals surface area contributed by atoms with Crippen LogP contribution in [0.15, 0.2) is 22.2 Å². The van der Waals surface area contributed by atoms with E-state index in [9.17, 15) is 9.59 Å². The lowest BCUT2D eigenvalue weighted by atomic mass is 10.1. The number of rotatable bonds is 4. The van der Waals surface area contributed by atoms with E-state index in [2.05, 4.69) is 10.1 Å². The molecular weight excluding hydrogens is 248 g/mol. The first-order valence-corrected chi connectivity index (χ1v) is 5.79. The molecule has 1 atom stereocenters. The van der Waals surface area contributed by atoms with E-state index in [1.54, 1.807) is 20.9 Å². The van der Waals surface area contributed by atoms with Crippen LogP contribution in [0.3, 0.4) is 0 Å². The van der Waals surface area contributed by atoms with Crippen LogP contribution in [0, 0.1) is 12.8 Å². The molecule has 0 fully saturated rings. The van der Waals surface area contributed by atoms with Gasteiger partial charge in [-0.05, 0) is 6.92 Å². The van der Waals surface area contributed by atoms with Crippen LogP contribution in [0.4, 0.5) is 0 Å². The predicted octanol–water partition coefficient (Wildman–Crippen LogP) is 0.138. The van der Waals surface area contributed by atoms with E-state index in [-0.39, 0.29) is 29.3 Å². The summed E-state index contributed by atoms with van der Waals surface area (Å²) in [7, 11) is 1.56. The number of aromatic nitrogens is 1. The second-order valence-electron chi connectivity index (χ2n) is 4.51. The van der Waals surface area contributed by atoms with Gasteiger partial charge in [0, 0.05) is 37.5 Å². The van der Waals surface area contributed by atoms with Gasteiger partial charge in [0.2, 0.25) is 0 Å². The van der Waals surface area contributed by atoms with Crippen LogP contribution >= 0.6 is 0 Å². The van der Waals surface area contributed by atoms with Crippen LogP contribution in [0.2, 0.25) is 0 Å². The number of pyridine rings is 1. The average molecular weight is 266 g/mol. The maximum atomic E-state index is 12.1. The van der Waals surface area contributed by atoms with Gasteiger partial charge in [0.1, 0.15) is 11.4 Å². The third kappa shape index (κ3) is 3.57. The van der Waals surface area contributed by atoms with Gasteiger partial charge in [0.05, 0.1) is 0 Å². The molecule has 19 heavy (non-hydrogen) atoms. The Balaban J connectivity index is 2.86. The highest BCUT2D eigenvalue weighted by Gasteiger charge is 2.18. The van der Waals surface area contributed by atoms with Crippen molar-refractivity contribution < 1.29 is 10.0 Å². The number of nitrogens with one attached hydrogen (secondary N) is 1. The zero-order chi connectivity index (χ0) is 14.6. The Morgan fingerprint density at radius 2 is 2.26 bits per heavy atom. The van der Waals surface area contributed by atoms with Crippen molar-refractivity contribution in [1.82, 2.24) is 9.88 Å². The zero-order valence-corrected chi connectivity index (χ0v) is 11.2. The molecule has 0 saturated carbocycles. The minimum absolute atomic E-state index is 0.0393. The molecule has 0 spiro atoms. The molecule has 0 bridgehead atoms. The number of carbonyl (C=O) groups excluding carboxylic acids is 1. The highest BCUT2D eigenvalue weighted by atomic mass is 16.4. The van der Waals surface area contributed by atoms with Crippen molar-refractivity contribution in [1.29, 1.82) is 0 Å². The molecule has 1 aromatic heterocycles. The highest BCUT2D eigenvalue weighted by molar-refractivity contribution is 5.94. The number of carbonyl (C=O) groups is 1. The van der Waals surface area contributed by atoms with E-state index < -0.39 is 5.91 Å². The van der Waals surface area contributed by atoms with Gasteiger partial charge in [-0.15, -0.1) is 0 Å². The van der Waals surface area contributed by atoms with Gasteiger partial charge >= 0.3 is 0 Å². The molecule has 7 heteroatoms. The van der Waals surface area contributed by atoms with Gasteiger partial charge in [0.25, 0.3) is 5.91 Å². The first-order valence-electron chi connectivity index (χ1n) is 5.79. The number of hydrogen-bond acceptors (Lipinski definition) is 4. The molecule has 104 valence electrons. The Labute approximate surface area is 110 Å². The van der Waals surface area contributed by atoms with Crippen molar-refractivity contribution in [2.24, 2.45) is 16.8 Å². The lowest BCUT2D eigenvalue weighted by Crippen LogP contribution is -2.38. The van der Waals surface area contributed by atoms with Crippen LogP contribution in [-0.4, -0.2) is 40.4 Å². The summed E-state index contributed by atoms with van der Waals surface area (Å²) in [5.41, 5.74) is 5.88. The summed E-state index contributed by atoms with van der Waals surface area (Å²) in [5.74, 6) is -0.667. The molecule has 1 amide bonds. The van der Waals surface area contributed by atoms with E-state index in [0.717, 1.165) is 0 Å². The van der Waals surface area contributed by atoms with Crippen molar-refractivity contribution >= 4 is 11.7 Å². The Bertz CT molecular complexity index is 550. The van der Waals surface area contributed by atoms with Gasteiger partial charge in [-0.25, -0.2) is 0 Å². The summed E-state index contributed by atoms with van der Waals surface area (Å²) < 4.78 is 0. The molecule has 0 aliphatic carbocycles. The molecule has 1 heterocycles. The molecular formula is C12H18N4O3. The second-order valence-corrected chi connectivity index (χ2v) is 4.51. The van der Waals surface area contributed by atoms with E-state index in [1.807, 2.05) is 0 Å². The fraction of sp³-hybridized carbons (Fsp3) is 0.417. The SMILES string of the molecule is Cc1cc(=O)c(C(=O)N(C)CC(C)C(N)=NO)c[nH]1. The van der Waals surface area contributed by atoms with Gasteiger partial charge in [-0.3, -0.25) is 9.59 Å². The lowest BCUT2D eigenvalue weighted by Gasteiger charge is -2.20. The first-order chi connectivity index (χ1) is 8.86. The Morgan fingerprint density at radius 1 is 1.63 bits per heavy atom. The van der Waals surface area contributed by atoms with E-state index in [0.29, 0.717) is 5.69 Å². The number of oxime groups is 1. The number of H-pyrrole nitrogens is 1. The Hall–Kier alpha value is -2.31. The molecule has 1 unspecified atom stereocenters. The summed E-state index contributed by atoms with van der Waals surface area (Å²) in [4.78, 5) is 28.0. The van der Waals surface area contributed by atoms with Crippen molar-refractivity contribution in [3.05, 3.63) is 33.7 Å². The summed E-state index contributed by atoms with van der Waals surface area (Å²) in [6, 6.07) is 1.37. The smallest absolute Gasteiger partial charge is 0.259 e. The molecule has 1 rings (SSSR count). The summed E-state index contributed by atoms with van der Waals surface area (Å²) >= 11 is 0. The van der Waals surface area contributed by atoms with Crippen molar-refractivity contribution in [3.8, 4) is 0 Å². The maximum absolute atomic E-state index is 12.1. The third-order valence-corrected chi connectivity index (χ3v) is 2.80. The number of aromatic amines is 1. The number of amides is 1. The van der Waals surface area contributed by atoms with E-state index in [1.165, 1.54) is 17.2 Å². The number of hydrogen-bond donors (Lipinski definition) is 3. The van der Waals surface area contributed by atoms with Crippen molar-refractivity contribution in [2.45, 2.75) is 13.8 Å². The summed E-state index contributed by atoms with van der Waals surface area (Å²) in [5, 5.41) is 11.4. The normalized spacial score (nSPS) is 13.1. The zero-order valence-electron chi connectivity index (χ0n) is 11.2. The minimum Gasteiger partial charge on any atom is -0.409 e. The fourth-order valence-corrected chi connectivity index (χ4v) is 1.63. The molecule has 7 nitrogen and oxygen atoms in total. The molecule has 0 aliphatic heterocycles. The van der Waals surface area contributed by atoms with E-state index in [4.69, 9.17) is 10.9 Å². The summed E-state index contributed by atoms with van der Waals surface area (Å²) in [6.07, 6.45) is 1.39. The topological polar surface area (TPSA) is 112 Å². The Morgan fingerprint density at radius 3 is 2.79 bits per heavy atom. The van der Waals surface area contributed by atoms with Gasteiger partial charge in [0.15, 0.2) is 5.43 Å². The van der Waals surface area contributed by atoms with Crippen LogP contribution in [0.1, 0.15) is 23.0 Å². The summed E-state index contributed by atoms with van der Waals surface area (Å²) in [6.45, 7) is 3.71. The van der Waals surface area contributed by atoms with Gasteiger partial charge < -0.3 is 20.8 Å². The Kier molecular flexibility index (Phi) is 4.68. The lowest BCUT2D eigenvalue weighted by molar-refractivity contribution is 0.0784. The second kappa shape index (κ2) is 6.03. The monoisotopic (exact) mass is 266 g/mol. The van der Waals surface area contributed by atoms with Crippen LogP contribution < -0.4 is 11.2 Å². The quantitative estimate of drug-likeness (QED) is 0.311. The standard InChI is InChI=1S/C12H18N4O3/c1-7(11(13)15-19)6-16(3)12(18)9-5-14-8(2)4-10(9)17/h4-5,7,19H,6H2,1-3H3,(H2,13,15)(H,14,17). The van der Waals surface area contributed by atoms with Crippen LogP contribution in [0.25, 0.3) is 0 Å². The maximum Gasteiger partial charge on any atom is 0.259 e. The van der Waals surface area contributed by atoms with Gasteiger partial charge in [-0.2, -0.15) is 0 Å². The minimum atomic E-state index is -0.404. The number of amidine groups is 1. The molecule has 1 aromatic rings. The molecule has 0 aromatic carbocycles. The van der Waals surface area contributed by atoms with Gasteiger partial charge in [-0.1, -0.05) is 12.1 Å². The van der Waals surface area contributed by atoms with Crippen LogP contribution in [-0.2, 0) is 0 Å². The molecule has 0 radical (unpaired) electrons. The third-order valence-electron chi connectivity index (χ3n) is 2.80. The molecule has 0 aliphatic rings. The van der Waals surface area contributed by atoms with Crippen LogP contribution in [0.5, 0.6) is 0 Å². The number of nitrogens with zero attached hydrogens (tertiary/aromatic N) is 2. The first kappa shape index (κ1) is 14.7. The van der Waals surface area contributed by atoms with E-state index >= 15 is 0 Å². The number of aryl methyl sites for hydroxylation is 1. The molecule has 0 saturated heterocycles. The molecule has 4 N–H and O–H groups in total. The largest absolute Gasteiger partial charge is 0.409 e. The fourth-order valence-electron chi connectivity index (χ4n) is 1.63. The number of nitrogens with two attached hydrogens (primary N) is 1. The van der Waals surface area contributed by atoms with Crippen molar-refractivity contribution in [2.75, 3.05) is 13.6 Å².